The van der Waals surface area contributed by atoms with Crippen LogP contribution in [0.25, 0.3) is 0 Å². The van der Waals surface area contributed by atoms with Crippen molar-refractivity contribution in [3.8, 4) is 0 Å². The highest BCUT2D eigenvalue weighted by atomic mass is 35.5. The van der Waals surface area contributed by atoms with Gasteiger partial charge in [-0.1, -0.05) is 17.7 Å². The van der Waals surface area contributed by atoms with Gasteiger partial charge in [-0.2, -0.15) is 0 Å². The number of hydrogen-bond acceptors (Lipinski definition) is 4. The van der Waals surface area contributed by atoms with Gasteiger partial charge in [0.2, 0.25) is 0 Å². The van der Waals surface area contributed by atoms with Crippen molar-refractivity contribution in [3.63, 3.8) is 0 Å². The molecule has 0 bridgehead atoms. The second-order valence-corrected chi connectivity index (χ2v) is 4.03. The summed E-state index contributed by atoms with van der Waals surface area (Å²) in [5.74, 6) is 0.786. The van der Waals surface area contributed by atoms with Crippen molar-refractivity contribution in [2.24, 2.45) is 0 Å². The van der Waals surface area contributed by atoms with Gasteiger partial charge in [0.1, 0.15) is 17.3 Å². The van der Waals surface area contributed by atoms with Crippen molar-refractivity contribution in [1.82, 2.24) is 15.0 Å². The van der Waals surface area contributed by atoms with E-state index >= 15 is 0 Å². The first-order chi connectivity index (χ1) is 8.27. The molecule has 0 spiro atoms. The second-order valence-electron chi connectivity index (χ2n) is 3.68. The molecule has 17 heavy (non-hydrogen) atoms. The Morgan fingerprint density at radius 2 is 2.24 bits per heavy atom. The Balaban J connectivity index is 1.93. The molecule has 0 aromatic carbocycles. The zero-order valence-corrected chi connectivity index (χ0v) is 10.3. The molecule has 88 valence electrons. The van der Waals surface area contributed by atoms with Crippen LogP contribution >= 0.6 is 11.6 Å². The highest BCUT2D eigenvalue weighted by Gasteiger charge is 2.03. The topological polar surface area (TPSA) is 50.7 Å². The van der Waals surface area contributed by atoms with Gasteiger partial charge in [0.15, 0.2) is 0 Å². The molecule has 0 fully saturated rings. The van der Waals surface area contributed by atoms with E-state index in [1.165, 1.54) is 11.9 Å². The van der Waals surface area contributed by atoms with Gasteiger partial charge in [-0.15, -0.1) is 0 Å². The third-order valence-corrected chi connectivity index (χ3v) is 2.83. The summed E-state index contributed by atoms with van der Waals surface area (Å²) in [5.41, 5.74) is 2.07. The molecule has 0 aliphatic carbocycles. The summed E-state index contributed by atoms with van der Waals surface area (Å²) in [7, 11) is 0. The van der Waals surface area contributed by atoms with Crippen LogP contribution in [0.5, 0.6) is 0 Å². The highest BCUT2D eigenvalue weighted by molar-refractivity contribution is 6.30. The molecule has 1 N–H and O–H groups in total. The van der Waals surface area contributed by atoms with Crippen molar-refractivity contribution >= 4 is 17.4 Å². The Hall–Kier alpha value is -1.68. The fourth-order valence-electron chi connectivity index (χ4n) is 1.48. The van der Waals surface area contributed by atoms with Crippen LogP contribution < -0.4 is 5.32 Å². The monoisotopic (exact) mass is 248 g/mol. The third kappa shape index (κ3) is 3.14. The van der Waals surface area contributed by atoms with Gasteiger partial charge in [-0.05, 0) is 25.0 Å². The lowest BCUT2D eigenvalue weighted by Crippen LogP contribution is -2.08. The Morgan fingerprint density at radius 3 is 3.00 bits per heavy atom. The predicted molar refractivity (Wildman–Crippen MR) is 68.2 cm³/mol. The maximum atomic E-state index is 5.91. The molecule has 2 heterocycles. The van der Waals surface area contributed by atoms with E-state index in [1.54, 1.807) is 6.20 Å². The van der Waals surface area contributed by atoms with E-state index in [0.29, 0.717) is 5.15 Å². The first kappa shape index (κ1) is 11.8. The van der Waals surface area contributed by atoms with E-state index in [1.807, 2.05) is 19.2 Å². The molecule has 5 heteroatoms. The average Bonchev–Trinajstić information content (AvgIpc) is 2.36. The summed E-state index contributed by atoms with van der Waals surface area (Å²) in [6, 6.07) is 3.98. The Kier molecular flexibility index (Phi) is 3.88. The maximum Gasteiger partial charge on any atom is 0.137 e. The molecule has 0 aliphatic heterocycles. The molecule has 0 atom stereocenters. The van der Waals surface area contributed by atoms with Crippen LogP contribution in [0.15, 0.2) is 30.9 Å². The van der Waals surface area contributed by atoms with Crippen molar-refractivity contribution in [2.45, 2.75) is 13.3 Å². The van der Waals surface area contributed by atoms with Crippen LogP contribution in [0.3, 0.4) is 0 Å². The number of nitrogens with zero attached hydrogens (tertiary/aromatic N) is 3. The predicted octanol–water partition coefficient (Wildman–Crippen LogP) is 2.49. The lowest BCUT2D eigenvalue weighted by molar-refractivity contribution is 0.981. The van der Waals surface area contributed by atoms with Gasteiger partial charge in [0.25, 0.3) is 0 Å². The van der Waals surface area contributed by atoms with Crippen molar-refractivity contribution in [3.05, 3.63) is 47.1 Å². The number of nitrogens with one attached hydrogen (secondary N) is 1. The van der Waals surface area contributed by atoms with Crippen LogP contribution in [0, 0.1) is 6.92 Å². The number of halogens is 1. The van der Waals surface area contributed by atoms with Gasteiger partial charge >= 0.3 is 0 Å². The van der Waals surface area contributed by atoms with E-state index in [9.17, 15) is 0 Å². The summed E-state index contributed by atoms with van der Waals surface area (Å²) in [5, 5.41) is 3.73. The maximum absolute atomic E-state index is 5.91. The van der Waals surface area contributed by atoms with Gasteiger partial charge in [0, 0.05) is 24.5 Å². The third-order valence-electron chi connectivity index (χ3n) is 2.45. The van der Waals surface area contributed by atoms with Gasteiger partial charge in [-0.25, -0.2) is 9.97 Å². The largest absolute Gasteiger partial charge is 0.369 e. The minimum Gasteiger partial charge on any atom is -0.369 e. The van der Waals surface area contributed by atoms with E-state index in [0.717, 1.165) is 24.3 Å². The zero-order chi connectivity index (χ0) is 12.1. The second kappa shape index (κ2) is 5.59. The van der Waals surface area contributed by atoms with Crippen molar-refractivity contribution in [1.29, 1.82) is 0 Å². The molecule has 2 aromatic rings. The van der Waals surface area contributed by atoms with E-state index < -0.39 is 0 Å². The SMILES string of the molecule is Cc1c(Cl)ncnc1NCCc1cccnc1. The number of rotatable bonds is 4. The first-order valence-electron chi connectivity index (χ1n) is 5.37. The zero-order valence-electron chi connectivity index (χ0n) is 9.52. The molecular weight excluding hydrogens is 236 g/mol. The first-order valence-corrected chi connectivity index (χ1v) is 5.75. The van der Waals surface area contributed by atoms with Crippen LogP contribution in [-0.4, -0.2) is 21.5 Å². The molecule has 2 rings (SSSR count). The number of anilines is 1. The van der Waals surface area contributed by atoms with Crippen LogP contribution in [-0.2, 0) is 6.42 Å². The van der Waals surface area contributed by atoms with Crippen LogP contribution in [0.1, 0.15) is 11.1 Å². The smallest absolute Gasteiger partial charge is 0.137 e. The lowest BCUT2D eigenvalue weighted by Gasteiger charge is -2.08. The standard InChI is InChI=1S/C12H13ClN4/c1-9-11(13)16-8-17-12(9)15-6-4-10-3-2-5-14-7-10/h2-3,5,7-8H,4,6H2,1H3,(H,15,16,17). The van der Waals surface area contributed by atoms with E-state index in [-0.39, 0.29) is 0 Å². The molecule has 2 aromatic heterocycles. The van der Waals surface area contributed by atoms with Gasteiger partial charge < -0.3 is 5.32 Å². The molecule has 0 unspecified atom stereocenters. The molecule has 0 amide bonds. The Labute approximate surface area is 105 Å². The van der Waals surface area contributed by atoms with Crippen LogP contribution in [0.4, 0.5) is 5.82 Å². The molecule has 0 radical (unpaired) electrons. The molecule has 0 saturated heterocycles. The minimum absolute atomic E-state index is 0.490. The molecule has 4 nitrogen and oxygen atoms in total. The van der Waals surface area contributed by atoms with Gasteiger partial charge in [-0.3, -0.25) is 4.98 Å². The van der Waals surface area contributed by atoms with Crippen molar-refractivity contribution < 1.29 is 0 Å². The van der Waals surface area contributed by atoms with Crippen molar-refractivity contribution in [2.75, 3.05) is 11.9 Å². The van der Waals surface area contributed by atoms with E-state index in [2.05, 4.69) is 26.3 Å². The van der Waals surface area contributed by atoms with E-state index in [4.69, 9.17) is 11.6 Å². The molecule has 0 aliphatic rings. The number of hydrogen-bond donors (Lipinski definition) is 1. The summed E-state index contributed by atoms with van der Waals surface area (Å²) >= 11 is 5.91. The minimum atomic E-state index is 0.490. The summed E-state index contributed by atoms with van der Waals surface area (Å²) < 4.78 is 0. The summed E-state index contributed by atoms with van der Waals surface area (Å²) in [6.07, 6.45) is 5.99. The number of pyridine rings is 1. The highest BCUT2D eigenvalue weighted by Crippen LogP contribution is 2.17. The average molecular weight is 249 g/mol. The molecular formula is C12H13ClN4. The Morgan fingerprint density at radius 1 is 1.35 bits per heavy atom. The quantitative estimate of drug-likeness (QED) is 0.845. The fourth-order valence-corrected chi connectivity index (χ4v) is 1.61. The van der Waals surface area contributed by atoms with Gasteiger partial charge in [0.05, 0.1) is 0 Å². The number of aromatic nitrogens is 3. The fraction of sp³-hybridized carbons (Fsp3) is 0.250. The Bertz CT molecular complexity index is 487. The lowest BCUT2D eigenvalue weighted by atomic mass is 10.2. The molecule has 0 saturated carbocycles. The summed E-state index contributed by atoms with van der Waals surface area (Å²) in [6.45, 7) is 2.69. The summed E-state index contributed by atoms with van der Waals surface area (Å²) in [4.78, 5) is 12.1. The van der Waals surface area contributed by atoms with Crippen LogP contribution in [0.2, 0.25) is 5.15 Å². The normalized spacial score (nSPS) is 10.2.